The molecule has 0 radical (unpaired) electrons. The predicted molar refractivity (Wildman–Crippen MR) is 83.7 cm³/mol. The zero-order valence-electron chi connectivity index (χ0n) is 10.9. The van der Waals surface area contributed by atoms with Crippen LogP contribution in [0.25, 0.3) is 22.1 Å². The number of phenolic OH excluding ortho intramolecular Hbond substituents is 1. The molecule has 0 aliphatic rings. The predicted octanol–water partition coefficient (Wildman–Crippen LogP) is 2.16. The lowest BCUT2D eigenvalue weighted by Crippen LogP contribution is -2.23. The minimum absolute atomic E-state index is 0.0356. The maximum atomic E-state index is 12.2. The summed E-state index contributed by atoms with van der Waals surface area (Å²) >= 11 is 1.13. The summed E-state index contributed by atoms with van der Waals surface area (Å²) in [6.07, 6.45) is 1.78. The van der Waals surface area contributed by atoms with E-state index >= 15 is 0 Å². The first-order valence-corrected chi connectivity index (χ1v) is 7.25. The highest BCUT2D eigenvalue weighted by Gasteiger charge is 2.10. The molecule has 0 unspecified atom stereocenters. The van der Waals surface area contributed by atoms with Gasteiger partial charge in [0.25, 0.3) is 4.74 Å². The topological polar surface area (TPSA) is 54.6 Å². The van der Waals surface area contributed by atoms with Crippen molar-refractivity contribution in [1.29, 1.82) is 0 Å². The summed E-state index contributed by atoms with van der Waals surface area (Å²) in [7, 11) is 0. The zero-order valence-corrected chi connectivity index (χ0v) is 11.7. The van der Waals surface area contributed by atoms with Crippen LogP contribution in [0, 0.1) is 0 Å². The number of aromatic nitrogens is 2. The lowest BCUT2D eigenvalue weighted by atomic mass is 10.2. The molecule has 4 aromatic rings. The number of hydrogen-bond acceptors (Lipinski definition) is 4. The molecule has 21 heavy (non-hydrogen) atoms. The third-order valence-electron chi connectivity index (χ3n) is 3.34. The molecule has 5 heteroatoms. The Morgan fingerprint density at radius 3 is 2.86 bits per heavy atom. The summed E-state index contributed by atoms with van der Waals surface area (Å²) in [5.41, 5.74) is 2.57. The molecule has 2 aromatic heterocycles. The Morgan fingerprint density at radius 1 is 1.14 bits per heavy atom. The molecule has 0 spiro atoms. The van der Waals surface area contributed by atoms with E-state index in [1.807, 2.05) is 34.7 Å². The first-order chi connectivity index (χ1) is 10.2. The number of para-hydroxylation sites is 2. The fraction of sp³-hybridized carbons (Fsp3) is 0. The maximum absolute atomic E-state index is 12.2. The number of nitrogens with zero attached hydrogens (tertiary/aromatic N) is 2. The van der Waals surface area contributed by atoms with Crippen LogP contribution in [-0.2, 0) is 0 Å². The Hall–Kier alpha value is -2.66. The summed E-state index contributed by atoms with van der Waals surface area (Å²) in [5.74, 6) is 0.179. The molecular weight excluding hydrogens is 284 g/mol. The van der Waals surface area contributed by atoms with Crippen LogP contribution in [0.3, 0.4) is 0 Å². The van der Waals surface area contributed by atoms with Gasteiger partial charge in [-0.1, -0.05) is 35.6 Å². The molecule has 4 nitrogen and oxygen atoms in total. The van der Waals surface area contributed by atoms with Crippen molar-refractivity contribution >= 4 is 33.4 Å². The summed E-state index contributed by atoms with van der Waals surface area (Å²) in [4.78, 5) is 17.4. The van der Waals surface area contributed by atoms with E-state index in [2.05, 4.69) is 4.98 Å². The van der Waals surface area contributed by atoms with Crippen LogP contribution in [0.15, 0.2) is 53.3 Å². The number of phenols is 1. The maximum Gasteiger partial charge on any atom is 0.259 e. The first kappa shape index (κ1) is 12.1. The molecule has 0 aliphatic carbocycles. The monoisotopic (exact) mass is 294 g/mol. The quantitative estimate of drug-likeness (QED) is 0.585. The van der Waals surface area contributed by atoms with Crippen molar-refractivity contribution in [3.8, 4) is 5.75 Å². The molecule has 0 saturated heterocycles. The Kier molecular flexibility index (Phi) is 2.55. The molecule has 0 aliphatic heterocycles. The Bertz CT molecular complexity index is 1080. The van der Waals surface area contributed by atoms with E-state index in [4.69, 9.17) is 0 Å². The fourth-order valence-electron chi connectivity index (χ4n) is 2.43. The second-order valence-corrected chi connectivity index (χ2v) is 5.67. The lowest BCUT2D eigenvalue weighted by Gasteiger charge is -1.94. The van der Waals surface area contributed by atoms with Crippen LogP contribution in [0.2, 0.25) is 0 Å². The van der Waals surface area contributed by atoms with Crippen molar-refractivity contribution in [1.82, 2.24) is 9.38 Å². The average molecular weight is 294 g/mol. The molecule has 4 rings (SSSR count). The number of fused-ring (bicyclic) bond motifs is 3. The van der Waals surface area contributed by atoms with Gasteiger partial charge >= 0.3 is 0 Å². The van der Waals surface area contributed by atoms with E-state index in [9.17, 15) is 9.90 Å². The fourth-order valence-corrected chi connectivity index (χ4v) is 3.28. The van der Waals surface area contributed by atoms with Gasteiger partial charge in [0.15, 0.2) is 4.96 Å². The van der Waals surface area contributed by atoms with E-state index in [0.29, 0.717) is 10.3 Å². The van der Waals surface area contributed by atoms with E-state index in [1.54, 1.807) is 24.3 Å². The Balaban J connectivity index is 2.12. The molecule has 102 valence electrons. The number of thiazole rings is 1. The molecule has 2 aromatic carbocycles. The second kappa shape index (κ2) is 4.43. The summed E-state index contributed by atoms with van der Waals surface area (Å²) in [5, 5.41) is 10.1. The molecule has 0 atom stereocenters. The van der Waals surface area contributed by atoms with Crippen LogP contribution >= 0.6 is 11.3 Å². The van der Waals surface area contributed by atoms with E-state index < -0.39 is 0 Å². The van der Waals surface area contributed by atoms with Gasteiger partial charge in [0.05, 0.1) is 11.0 Å². The number of rotatable bonds is 1. The molecule has 2 heterocycles. The first-order valence-electron chi connectivity index (χ1n) is 6.43. The number of aromatic hydroxyl groups is 1. The number of hydrogen-bond donors (Lipinski definition) is 1. The van der Waals surface area contributed by atoms with Crippen molar-refractivity contribution in [3.05, 3.63) is 69.0 Å². The van der Waals surface area contributed by atoms with Crippen molar-refractivity contribution in [2.24, 2.45) is 0 Å². The summed E-state index contributed by atoms with van der Waals surface area (Å²) < 4.78 is 1.83. The Morgan fingerprint density at radius 2 is 2.00 bits per heavy atom. The van der Waals surface area contributed by atoms with Gasteiger partial charge in [-0.3, -0.25) is 9.20 Å². The van der Waals surface area contributed by atoms with Crippen molar-refractivity contribution in [2.75, 3.05) is 0 Å². The summed E-state index contributed by atoms with van der Waals surface area (Å²) in [6.45, 7) is 0. The van der Waals surface area contributed by atoms with E-state index in [0.717, 1.165) is 27.9 Å². The van der Waals surface area contributed by atoms with Crippen molar-refractivity contribution < 1.29 is 5.11 Å². The van der Waals surface area contributed by atoms with Crippen LogP contribution in [-0.4, -0.2) is 14.5 Å². The van der Waals surface area contributed by atoms with Crippen LogP contribution in [0.5, 0.6) is 5.75 Å². The highest BCUT2D eigenvalue weighted by molar-refractivity contribution is 7.14. The highest BCUT2D eigenvalue weighted by atomic mass is 32.1. The van der Waals surface area contributed by atoms with Crippen LogP contribution in [0.1, 0.15) is 5.56 Å². The van der Waals surface area contributed by atoms with Gasteiger partial charge in [0.1, 0.15) is 11.1 Å². The standard InChI is InChI=1S/C16H10N2O2S/c19-11-5-3-4-10(8-11)9-14-15(20)21-16-17-12-6-1-2-7-13(12)18(14)16/h1-9,19H. The molecular formula is C16H10N2O2S. The van der Waals surface area contributed by atoms with Gasteiger partial charge < -0.3 is 5.11 Å². The van der Waals surface area contributed by atoms with E-state index in [1.165, 1.54) is 0 Å². The molecule has 0 amide bonds. The van der Waals surface area contributed by atoms with Gasteiger partial charge in [-0.15, -0.1) is 0 Å². The average Bonchev–Trinajstić information content (AvgIpc) is 2.96. The van der Waals surface area contributed by atoms with Gasteiger partial charge in [-0.05, 0) is 35.9 Å². The van der Waals surface area contributed by atoms with Crippen LogP contribution in [0.4, 0.5) is 0 Å². The smallest absolute Gasteiger partial charge is 0.259 e. The molecule has 0 bridgehead atoms. The highest BCUT2D eigenvalue weighted by Crippen LogP contribution is 2.16. The number of benzene rings is 2. The SMILES string of the molecule is O=c1sc2nc3ccccc3n2c1=Cc1cccc(O)c1. The van der Waals surface area contributed by atoms with Crippen molar-refractivity contribution in [2.45, 2.75) is 0 Å². The minimum atomic E-state index is -0.0356. The van der Waals surface area contributed by atoms with Gasteiger partial charge in [-0.25, -0.2) is 4.98 Å². The molecule has 0 saturated carbocycles. The van der Waals surface area contributed by atoms with Gasteiger partial charge in [0.2, 0.25) is 0 Å². The van der Waals surface area contributed by atoms with E-state index in [-0.39, 0.29) is 10.5 Å². The number of imidazole rings is 1. The lowest BCUT2D eigenvalue weighted by molar-refractivity contribution is 0.475. The summed E-state index contributed by atoms with van der Waals surface area (Å²) in [6, 6.07) is 14.6. The molecule has 0 fully saturated rings. The third-order valence-corrected chi connectivity index (χ3v) is 4.19. The molecule has 1 N–H and O–H groups in total. The third kappa shape index (κ3) is 1.90. The normalized spacial score (nSPS) is 12.5. The zero-order chi connectivity index (χ0) is 14.4. The minimum Gasteiger partial charge on any atom is -0.508 e. The largest absolute Gasteiger partial charge is 0.508 e. The van der Waals surface area contributed by atoms with Gasteiger partial charge in [0, 0.05) is 0 Å². The van der Waals surface area contributed by atoms with Crippen LogP contribution < -0.4 is 10.1 Å². The second-order valence-electron chi connectivity index (χ2n) is 4.73. The Labute approximate surface area is 123 Å². The van der Waals surface area contributed by atoms with Gasteiger partial charge in [-0.2, -0.15) is 0 Å². The van der Waals surface area contributed by atoms with Crippen molar-refractivity contribution in [3.63, 3.8) is 0 Å².